The largest absolute Gasteiger partial charge is 0.356 e. The summed E-state index contributed by atoms with van der Waals surface area (Å²) >= 11 is 0. The average molecular weight is 167 g/mol. The Morgan fingerprint density at radius 3 is 2.75 bits per heavy atom. The lowest BCUT2D eigenvalue weighted by atomic mass is 9.84. The average Bonchev–Trinajstić information content (AvgIpc) is 2.05. The Morgan fingerprint density at radius 2 is 2.17 bits per heavy atom. The molecule has 0 saturated heterocycles. The molecule has 2 heteroatoms. The van der Waals surface area contributed by atoms with Crippen LogP contribution in [0.15, 0.2) is 12.2 Å². The first-order valence-electron chi connectivity index (χ1n) is 4.68. The lowest BCUT2D eigenvalue weighted by Gasteiger charge is -2.23. The van der Waals surface area contributed by atoms with Crippen molar-refractivity contribution in [2.45, 2.75) is 26.7 Å². The van der Waals surface area contributed by atoms with E-state index in [1.807, 2.05) is 6.92 Å². The third-order valence-corrected chi connectivity index (χ3v) is 2.44. The molecule has 2 atom stereocenters. The third-order valence-electron chi connectivity index (χ3n) is 2.44. The van der Waals surface area contributed by atoms with Crippen LogP contribution in [0.25, 0.3) is 0 Å². The number of carbonyl (C=O) groups excluding carboxylic acids is 1. The lowest BCUT2D eigenvalue weighted by Crippen LogP contribution is -2.34. The SMILES string of the molecule is CCNC(=O)C1CC=CCC1C. The summed E-state index contributed by atoms with van der Waals surface area (Å²) in [7, 11) is 0. The van der Waals surface area contributed by atoms with Gasteiger partial charge >= 0.3 is 0 Å². The molecule has 1 rings (SSSR count). The Labute approximate surface area is 74.0 Å². The van der Waals surface area contributed by atoms with Gasteiger partial charge in [0.15, 0.2) is 0 Å². The van der Waals surface area contributed by atoms with Crippen molar-refractivity contribution in [3.05, 3.63) is 12.2 Å². The summed E-state index contributed by atoms with van der Waals surface area (Å²) in [6, 6.07) is 0. The van der Waals surface area contributed by atoms with E-state index < -0.39 is 0 Å². The molecular weight excluding hydrogens is 150 g/mol. The van der Waals surface area contributed by atoms with Gasteiger partial charge in [-0.1, -0.05) is 19.1 Å². The van der Waals surface area contributed by atoms with Gasteiger partial charge in [0.2, 0.25) is 5.91 Å². The van der Waals surface area contributed by atoms with Crippen LogP contribution in [0.3, 0.4) is 0 Å². The molecule has 0 saturated carbocycles. The van der Waals surface area contributed by atoms with Crippen LogP contribution in [0.2, 0.25) is 0 Å². The first kappa shape index (κ1) is 9.30. The van der Waals surface area contributed by atoms with E-state index in [9.17, 15) is 4.79 Å². The van der Waals surface area contributed by atoms with Crippen LogP contribution in [0.1, 0.15) is 26.7 Å². The first-order valence-corrected chi connectivity index (χ1v) is 4.68. The van der Waals surface area contributed by atoms with Gasteiger partial charge in [-0.3, -0.25) is 4.79 Å². The molecule has 68 valence electrons. The number of nitrogens with one attached hydrogen (secondary N) is 1. The van der Waals surface area contributed by atoms with Crippen LogP contribution in [0, 0.1) is 11.8 Å². The van der Waals surface area contributed by atoms with Crippen LogP contribution >= 0.6 is 0 Å². The highest BCUT2D eigenvalue weighted by molar-refractivity contribution is 5.79. The van der Waals surface area contributed by atoms with Gasteiger partial charge in [-0.2, -0.15) is 0 Å². The molecule has 1 N–H and O–H groups in total. The van der Waals surface area contributed by atoms with Crippen LogP contribution < -0.4 is 5.32 Å². The molecule has 1 aliphatic rings. The highest BCUT2D eigenvalue weighted by Gasteiger charge is 2.24. The topological polar surface area (TPSA) is 29.1 Å². The van der Waals surface area contributed by atoms with E-state index in [0.717, 1.165) is 19.4 Å². The molecule has 12 heavy (non-hydrogen) atoms. The Balaban J connectivity index is 2.49. The van der Waals surface area contributed by atoms with Crippen molar-refractivity contribution in [3.8, 4) is 0 Å². The Kier molecular flexibility index (Phi) is 3.32. The zero-order valence-corrected chi connectivity index (χ0v) is 7.84. The zero-order chi connectivity index (χ0) is 8.97. The molecular formula is C10H17NO. The van der Waals surface area contributed by atoms with Crippen molar-refractivity contribution >= 4 is 5.91 Å². The van der Waals surface area contributed by atoms with Crippen molar-refractivity contribution in [3.63, 3.8) is 0 Å². The van der Waals surface area contributed by atoms with Crippen molar-refractivity contribution in [2.24, 2.45) is 11.8 Å². The quantitative estimate of drug-likeness (QED) is 0.623. The summed E-state index contributed by atoms with van der Waals surface area (Å²) in [5.41, 5.74) is 0. The van der Waals surface area contributed by atoms with Crippen LogP contribution in [-0.2, 0) is 4.79 Å². The maximum Gasteiger partial charge on any atom is 0.223 e. The third kappa shape index (κ3) is 2.10. The number of hydrogen-bond acceptors (Lipinski definition) is 1. The molecule has 0 heterocycles. The maximum atomic E-state index is 11.5. The number of allylic oxidation sites excluding steroid dienone is 2. The van der Waals surface area contributed by atoms with E-state index in [0.29, 0.717) is 5.92 Å². The van der Waals surface area contributed by atoms with E-state index in [1.165, 1.54) is 0 Å². The predicted molar refractivity (Wildman–Crippen MR) is 49.7 cm³/mol. The van der Waals surface area contributed by atoms with E-state index in [-0.39, 0.29) is 11.8 Å². The minimum Gasteiger partial charge on any atom is -0.356 e. The number of rotatable bonds is 2. The van der Waals surface area contributed by atoms with Gasteiger partial charge in [-0.15, -0.1) is 0 Å². The Hall–Kier alpha value is -0.790. The summed E-state index contributed by atoms with van der Waals surface area (Å²) in [6.45, 7) is 4.84. The summed E-state index contributed by atoms with van der Waals surface area (Å²) in [5, 5.41) is 2.87. The molecule has 0 fully saturated rings. The normalized spacial score (nSPS) is 28.5. The number of hydrogen-bond donors (Lipinski definition) is 1. The van der Waals surface area contributed by atoms with Gasteiger partial charge in [-0.25, -0.2) is 0 Å². The molecule has 1 amide bonds. The van der Waals surface area contributed by atoms with Crippen LogP contribution in [-0.4, -0.2) is 12.5 Å². The number of amides is 1. The van der Waals surface area contributed by atoms with Crippen LogP contribution in [0.4, 0.5) is 0 Å². The van der Waals surface area contributed by atoms with Gasteiger partial charge in [0.1, 0.15) is 0 Å². The number of carbonyl (C=O) groups is 1. The van der Waals surface area contributed by atoms with Gasteiger partial charge < -0.3 is 5.32 Å². The molecule has 1 aliphatic carbocycles. The second-order valence-corrected chi connectivity index (χ2v) is 3.42. The van der Waals surface area contributed by atoms with E-state index in [4.69, 9.17) is 0 Å². The van der Waals surface area contributed by atoms with E-state index >= 15 is 0 Å². The molecule has 0 spiro atoms. The summed E-state index contributed by atoms with van der Waals surface area (Å²) < 4.78 is 0. The minimum atomic E-state index is 0.204. The fourth-order valence-electron chi connectivity index (χ4n) is 1.62. The van der Waals surface area contributed by atoms with E-state index in [2.05, 4.69) is 24.4 Å². The monoisotopic (exact) mass is 167 g/mol. The summed E-state index contributed by atoms with van der Waals surface area (Å²) in [5.74, 6) is 0.922. The van der Waals surface area contributed by atoms with Crippen molar-refractivity contribution in [2.75, 3.05) is 6.54 Å². The lowest BCUT2D eigenvalue weighted by molar-refractivity contribution is -0.126. The Morgan fingerprint density at radius 1 is 1.50 bits per heavy atom. The zero-order valence-electron chi connectivity index (χ0n) is 7.84. The van der Waals surface area contributed by atoms with Crippen molar-refractivity contribution in [1.29, 1.82) is 0 Å². The van der Waals surface area contributed by atoms with Gasteiger partial charge in [0.25, 0.3) is 0 Å². The molecule has 0 aromatic carbocycles. The predicted octanol–water partition coefficient (Wildman–Crippen LogP) is 1.72. The smallest absolute Gasteiger partial charge is 0.223 e. The molecule has 0 aromatic rings. The standard InChI is InChI=1S/C10H17NO/c1-3-11-10(12)9-7-5-4-6-8(9)2/h4-5,8-9H,3,6-7H2,1-2H3,(H,11,12). The fraction of sp³-hybridized carbons (Fsp3) is 0.700. The van der Waals surface area contributed by atoms with Crippen molar-refractivity contribution in [1.82, 2.24) is 5.32 Å². The maximum absolute atomic E-state index is 11.5. The Bertz CT molecular complexity index is 186. The minimum absolute atomic E-state index is 0.204. The van der Waals surface area contributed by atoms with E-state index in [1.54, 1.807) is 0 Å². The highest BCUT2D eigenvalue weighted by Crippen LogP contribution is 2.24. The molecule has 2 nitrogen and oxygen atoms in total. The molecule has 0 radical (unpaired) electrons. The highest BCUT2D eigenvalue weighted by atomic mass is 16.1. The first-order chi connectivity index (χ1) is 5.75. The summed E-state index contributed by atoms with van der Waals surface area (Å²) in [6.07, 6.45) is 6.23. The van der Waals surface area contributed by atoms with Gasteiger partial charge in [0, 0.05) is 12.5 Å². The molecule has 0 aromatic heterocycles. The van der Waals surface area contributed by atoms with Crippen molar-refractivity contribution < 1.29 is 4.79 Å². The van der Waals surface area contributed by atoms with Gasteiger partial charge in [0.05, 0.1) is 0 Å². The van der Waals surface area contributed by atoms with Gasteiger partial charge in [-0.05, 0) is 25.7 Å². The second kappa shape index (κ2) is 4.29. The van der Waals surface area contributed by atoms with Crippen LogP contribution in [0.5, 0.6) is 0 Å². The molecule has 2 unspecified atom stereocenters. The molecule has 0 bridgehead atoms. The second-order valence-electron chi connectivity index (χ2n) is 3.42. The molecule has 0 aliphatic heterocycles. The fourth-order valence-corrected chi connectivity index (χ4v) is 1.62. The summed E-state index contributed by atoms with van der Waals surface area (Å²) in [4.78, 5) is 11.5.